The van der Waals surface area contributed by atoms with Crippen LogP contribution in [0.1, 0.15) is 17.1 Å². The van der Waals surface area contributed by atoms with Crippen molar-refractivity contribution in [3.63, 3.8) is 0 Å². The largest absolute Gasteiger partial charge is 0.316 e. The van der Waals surface area contributed by atoms with E-state index in [1.54, 1.807) is 11.3 Å². The number of nitrogens with one attached hydrogen (secondary N) is 2. The average molecular weight is 303 g/mol. The second-order valence-corrected chi connectivity index (χ2v) is 8.11. The molecule has 5 nitrogen and oxygen atoms in total. The van der Waals surface area contributed by atoms with Crippen LogP contribution in [-0.2, 0) is 16.3 Å². The Morgan fingerprint density at radius 1 is 1.53 bits per heavy atom. The van der Waals surface area contributed by atoms with Crippen LogP contribution in [0.4, 0.5) is 0 Å². The molecule has 0 aromatic carbocycles. The summed E-state index contributed by atoms with van der Waals surface area (Å²) in [5.41, 5.74) is 1.08. The lowest BCUT2D eigenvalue weighted by atomic mass is 10.2. The zero-order valence-corrected chi connectivity index (χ0v) is 12.8. The summed E-state index contributed by atoms with van der Waals surface area (Å²) in [7, 11) is -2.81. The molecule has 1 saturated heterocycles. The zero-order valence-electron chi connectivity index (χ0n) is 11.2. The molecule has 2 heterocycles. The smallest absolute Gasteiger partial charge is 0.153 e. The number of rotatable bonds is 6. The predicted octanol–water partition coefficient (Wildman–Crippen LogP) is 0.360. The molecule has 0 aliphatic carbocycles. The topological polar surface area (TPSA) is 71.1 Å². The van der Waals surface area contributed by atoms with E-state index in [-0.39, 0.29) is 17.5 Å². The number of aryl methyl sites for hydroxylation is 1. The van der Waals surface area contributed by atoms with Gasteiger partial charge in [-0.15, -0.1) is 11.3 Å². The van der Waals surface area contributed by atoms with Gasteiger partial charge in [0.2, 0.25) is 0 Å². The van der Waals surface area contributed by atoms with E-state index in [1.807, 2.05) is 6.92 Å². The molecule has 1 atom stereocenters. The highest BCUT2D eigenvalue weighted by atomic mass is 32.2. The number of nitrogens with zero attached hydrogens (tertiary/aromatic N) is 1. The molecule has 108 valence electrons. The lowest BCUT2D eigenvalue weighted by molar-refractivity contribution is 0.480. The molecule has 0 amide bonds. The highest BCUT2D eigenvalue weighted by Gasteiger charge is 2.23. The van der Waals surface area contributed by atoms with E-state index in [1.165, 1.54) is 0 Å². The molecule has 0 spiro atoms. The van der Waals surface area contributed by atoms with Crippen molar-refractivity contribution in [3.8, 4) is 0 Å². The van der Waals surface area contributed by atoms with Crippen molar-refractivity contribution in [1.82, 2.24) is 15.6 Å². The molecule has 0 saturated carbocycles. The number of hydrogen-bond donors (Lipinski definition) is 2. The normalized spacial score (nSPS) is 22.5. The lowest BCUT2D eigenvalue weighted by Gasteiger charge is -2.23. The van der Waals surface area contributed by atoms with Crippen molar-refractivity contribution >= 4 is 21.2 Å². The van der Waals surface area contributed by atoms with Gasteiger partial charge in [0.15, 0.2) is 9.84 Å². The summed E-state index contributed by atoms with van der Waals surface area (Å²) in [6, 6.07) is 0.105. The number of sulfone groups is 1. The molecular weight excluding hydrogens is 282 g/mol. The summed E-state index contributed by atoms with van der Waals surface area (Å²) < 4.78 is 22.9. The maximum atomic E-state index is 11.5. The first-order valence-electron chi connectivity index (χ1n) is 6.61. The van der Waals surface area contributed by atoms with E-state index in [2.05, 4.69) is 21.0 Å². The van der Waals surface area contributed by atoms with Crippen LogP contribution in [-0.4, -0.2) is 50.6 Å². The van der Waals surface area contributed by atoms with Crippen LogP contribution in [0.15, 0.2) is 5.38 Å². The lowest BCUT2D eigenvalue weighted by Crippen LogP contribution is -2.46. The van der Waals surface area contributed by atoms with Crippen LogP contribution in [0.5, 0.6) is 0 Å². The second-order valence-electron chi connectivity index (χ2n) is 4.94. The minimum atomic E-state index is -2.81. The maximum absolute atomic E-state index is 11.5. The predicted molar refractivity (Wildman–Crippen MR) is 78.5 cm³/mol. The van der Waals surface area contributed by atoms with Crippen LogP contribution in [0.25, 0.3) is 0 Å². The Kier molecular flexibility index (Phi) is 5.32. The van der Waals surface area contributed by atoms with Gasteiger partial charge in [0.1, 0.15) is 0 Å². The Morgan fingerprint density at radius 3 is 3.05 bits per heavy atom. The van der Waals surface area contributed by atoms with Crippen LogP contribution in [0, 0.1) is 6.92 Å². The van der Waals surface area contributed by atoms with Gasteiger partial charge < -0.3 is 10.6 Å². The van der Waals surface area contributed by atoms with Crippen LogP contribution >= 0.6 is 11.3 Å². The second kappa shape index (κ2) is 6.78. The maximum Gasteiger partial charge on any atom is 0.153 e. The van der Waals surface area contributed by atoms with Crippen molar-refractivity contribution in [2.75, 3.05) is 31.1 Å². The highest BCUT2D eigenvalue weighted by Crippen LogP contribution is 2.08. The molecule has 19 heavy (non-hydrogen) atoms. The fourth-order valence-corrected chi connectivity index (χ4v) is 4.44. The zero-order chi connectivity index (χ0) is 13.7. The van der Waals surface area contributed by atoms with Crippen molar-refractivity contribution in [3.05, 3.63) is 16.1 Å². The molecule has 0 radical (unpaired) electrons. The SMILES string of the molecule is Cc1csc(CCNCCC2CS(=O)(=O)CCN2)n1. The third-order valence-corrected chi connectivity index (χ3v) is 5.92. The summed E-state index contributed by atoms with van der Waals surface area (Å²) in [6.07, 6.45) is 1.80. The molecule has 1 unspecified atom stereocenters. The first-order chi connectivity index (χ1) is 9.05. The van der Waals surface area contributed by atoms with Gasteiger partial charge >= 0.3 is 0 Å². The van der Waals surface area contributed by atoms with Gasteiger partial charge in [-0.25, -0.2) is 13.4 Å². The Labute approximate surface area is 118 Å². The third-order valence-electron chi connectivity index (χ3n) is 3.15. The van der Waals surface area contributed by atoms with Crippen molar-refractivity contribution < 1.29 is 8.42 Å². The van der Waals surface area contributed by atoms with E-state index < -0.39 is 9.84 Å². The van der Waals surface area contributed by atoms with Gasteiger partial charge in [-0.05, 0) is 19.9 Å². The van der Waals surface area contributed by atoms with Crippen LogP contribution in [0.2, 0.25) is 0 Å². The van der Waals surface area contributed by atoms with E-state index in [4.69, 9.17) is 0 Å². The van der Waals surface area contributed by atoms with Crippen molar-refractivity contribution in [1.29, 1.82) is 0 Å². The van der Waals surface area contributed by atoms with Crippen molar-refractivity contribution in [2.24, 2.45) is 0 Å². The van der Waals surface area contributed by atoms with Crippen molar-refractivity contribution in [2.45, 2.75) is 25.8 Å². The number of hydrogen-bond acceptors (Lipinski definition) is 6. The molecule has 2 N–H and O–H groups in total. The van der Waals surface area contributed by atoms with E-state index in [9.17, 15) is 8.42 Å². The Bertz CT molecular complexity index is 499. The average Bonchev–Trinajstić information content (AvgIpc) is 2.73. The molecule has 1 aromatic rings. The van der Waals surface area contributed by atoms with Gasteiger partial charge in [0.05, 0.1) is 16.5 Å². The summed E-state index contributed by atoms with van der Waals surface area (Å²) in [6.45, 7) is 4.33. The molecule has 0 bridgehead atoms. The molecule has 7 heteroatoms. The summed E-state index contributed by atoms with van der Waals surface area (Å²) in [5.74, 6) is 0.556. The fourth-order valence-electron chi connectivity index (χ4n) is 2.17. The monoisotopic (exact) mass is 303 g/mol. The molecule has 1 fully saturated rings. The molecule has 1 aliphatic heterocycles. The molecular formula is C12H21N3O2S2. The summed E-state index contributed by atoms with van der Waals surface area (Å²) in [5, 5.41) is 9.82. The molecule has 1 aromatic heterocycles. The molecule has 1 aliphatic rings. The van der Waals surface area contributed by atoms with E-state index in [0.717, 1.165) is 36.6 Å². The van der Waals surface area contributed by atoms with Gasteiger partial charge in [-0.1, -0.05) is 0 Å². The fraction of sp³-hybridized carbons (Fsp3) is 0.750. The summed E-state index contributed by atoms with van der Waals surface area (Å²) >= 11 is 1.69. The van der Waals surface area contributed by atoms with Crippen LogP contribution < -0.4 is 10.6 Å². The van der Waals surface area contributed by atoms with E-state index >= 15 is 0 Å². The minimum absolute atomic E-state index is 0.105. The van der Waals surface area contributed by atoms with Gasteiger partial charge in [0, 0.05) is 36.6 Å². The Balaban J connectivity index is 1.59. The van der Waals surface area contributed by atoms with Gasteiger partial charge in [-0.2, -0.15) is 0 Å². The first-order valence-corrected chi connectivity index (χ1v) is 9.31. The first kappa shape index (κ1) is 14.9. The highest BCUT2D eigenvalue weighted by molar-refractivity contribution is 7.91. The Morgan fingerprint density at radius 2 is 2.37 bits per heavy atom. The quantitative estimate of drug-likeness (QED) is 0.743. The Hall–Kier alpha value is -0.500. The van der Waals surface area contributed by atoms with Gasteiger partial charge in [-0.3, -0.25) is 0 Å². The van der Waals surface area contributed by atoms with E-state index in [0.29, 0.717) is 6.54 Å². The summed E-state index contributed by atoms with van der Waals surface area (Å²) in [4.78, 5) is 4.40. The minimum Gasteiger partial charge on any atom is -0.316 e. The number of aromatic nitrogens is 1. The van der Waals surface area contributed by atoms with Gasteiger partial charge in [0.25, 0.3) is 0 Å². The third kappa shape index (κ3) is 5.18. The standard InChI is InChI=1S/C12H21N3O2S2/c1-10-8-18-12(15-10)3-5-13-4-2-11-9-19(16,17)7-6-14-11/h8,11,13-14H,2-7,9H2,1H3. The molecule has 2 rings (SSSR count). The van der Waals surface area contributed by atoms with Crippen LogP contribution in [0.3, 0.4) is 0 Å². The number of thiazole rings is 1.